The lowest BCUT2D eigenvalue weighted by molar-refractivity contribution is 0.0656. The lowest BCUT2D eigenvalue weighted by Gasteiger charge is -2.35. The van der Waals surface area contributed by atoms with Crippen molar-refractivity contribution in [3.05, 3.63) is 17.7 Å². The molecule has 1 aliphatic heterocycles. The fourth-order valence-corrected chi connectivity index (χ4v) is 1.80. The molecule has 1 fully saturated rings. The predicted molar refractivity (Wildman–Crippen MR) is 60.6 cm³/mol. The van der Waals surface area contributed by atoms with Crippen molar-refractivity contribution in [2.24, 2.45) is 0 Å². The molecule has 1 aliphatic rings. The zero-order valence-corrected chi connectivity index (χ0v) is 9.59. The minimum Gasteiger partial charge on any atom is -0.381 e. The van der Waals surface area contributed by atoms with E-state index < -0.39 is 11.6 Å². The van der Waals surface area contributed by atoms with Crippen LogP contribution in [0.25, 0.3) is 0 Å². The van der Waals surface area contributed by atoms with Gasteiger partial charge >= 0.3 is 0 Å². The number of hydrogen-bond donors (Lipinski definition) is 2. The van der Waals surface area contributed by atoms with Crippen LogP contribution < -0.4 is 11.1 Å². The molecule has 17 heavy (non-hydrogen) atoms. The fraction of sp³-hybridized carbons (Fsp3) is 0.545. The molecule has 94 valence electrons. The van der Waals surface area contributed by atoms with E-state index in [0.717, 1.165) is 18.9 Å². The fourth-order valence-electron chi connectivity index (χ4n) is 1.80. The van der Waals surface area contributed by atoms with Crippen LogP contribution in [0, 0.1) is 11.6 Å². The van der Waals surface area contributed by atoms with Gasteiger partial charge in [-0.05, 0) is 19.8 Å². The Hall–Kier alpha value is -1.43. The van der Waals surface area contributed by atoms with Gasteiger partial charge < -0.3 is 15.8 Å². The van der Waals surface area contributed by atoms with E-state index in [9.17, 15) is 8.78 Å². The molecule has 0 bridgehead atoms. The Kier molecular flexibility index (Phi) is 3.15. The van der Waals surface area contributed by atoms with E-state index in [4.69, 9.17) is 10.5 Å². The van der Waals surface area contributed by atoms with E-state index in [0.29, 0.717) is 13.2 Å². The number of ether oxygens (including phenoxy) is 1. The molecule has 1 aromatic rings. The van der Waals surface area contributed by atoms with Crippen LogP contribution in [-0.2, 0) is 4.74 Å². The molecule has 0 spiro atoms. The molecule has 1 saturated heterocycles. The topological polar surface area (TPSA) is 60.2 Å². The number of nitrogens with one attached hydrogen (secondary N) is 1. The highest BCUT2D eigenvalue weighted by Crippen LogP contribution is 2.26. The Balaban J connectivity index is 2.20. The molecule has 2 heterocycles. The Morgan fingerprint density at radius 1 is 1.35 bits per heavy atom. The molecule has 2 rings (SSSR count). The number of halogens is 2. The largest absolute Gasteiger partial charge is 0.381 e. The number of aromatic nitrogens is 1. The first-order valence-electron chi connectivity index (χ1n) is 5.48. The molecule has 0 radical (unpaired) electrons. The van der Waals surface area contributed by atoms with Crippen molar-refractivity contribution in [3.8, 4) is 0 Å². The number of pyridine rings is 1. The SMILES string of the molecule is CC1(Nc2nc(N)c(F)cc2F)CCOCC1. The lowest BCUT2D eigenvalue weighted by Crippen LogP contribution is -2.41. The third-order valence-electron chi connectivity index (χ3n) is 2.97. The van der Waals surface area contributed by atoms with E-state index in [1.54, 1.807) is 0 Å². The summed E-state index contributed by atoms with van der Waals surface area (Å²) in [6, 6.07) is 0.743. The maximum absolute atomic E-state index is 13.5. The van der Waals surface area contributed by atoms with Gasteiger partial charge in [-0.2, -0.15) is 0 Å². The minimum absolute atomic E-state index is 0.00620. The number of nitrogen functional groups attached to an aromatic ring is 1. The van der Waals surface area contributed by atoms with E-state index in [2.05, 4.69) is 10.3 Å². The van der Waals surface area contributed by atoms with Gasteiger partial charge in [-0.25, -0.2) is 13.8 Å². The lowest BCUT2D eigenvalue weighted by atomic mass is 9.92. The molecule has 0 aliphatic carbocycles. The molecule has 3 N–H and O–H groups in total. The summed E-state index contributed by atoms with van der Waals surface area (Å²) < 4.78 is 31.7. The second kappa shape index (κ2) is 4.44. The Bertz CT molecular complexity index is 419. The molecule has 0 aromatic carbocycles. The predicted octanol–water partition coefficient (Wildman–Crippen LogP) is 1.92. The minimum atomic E-state index is -0.842. The summed E-state index contributed by atoms with van der Waals surface area (Å²) in [5.74, 6) is -1.88. The van der Waals surface area contributed by atoms with Crippen molar-refractivity contribution in [1.82, 2.24) is 4.98 Å². The summed E-state index contributed by atoms with van der Waals surface area (Å²) in [6.07, 6.45) is 1.48. The van der Waals surface area contributed by atoms with Gasteiger partial charge in [0.15, 0.2) is 23.3 Å². The first kappa shape index (κ1) is 12.0. The number of rotatable bonds is 2. The van der Waals surface area contributed by atoms with Crippen molar-refractivity contribution >= 4 is 11.6 Å². The molecule has 0 atom stereocenters. The van der Waals surface area contributed by atoms with Gasteiger partial charge in [-0.3, -0.25) is 0 Å². The summed E-state index contributed by atoms with van der Waals surface area (Å²) in [4.78, 5) is 3.69. The number of anilines is 2. The van der Waals surface area contributed by atoms with Crippen molar-refractivity contribution in [3.63, 3.8) is 0 Å². The van der Waals surface area contributed by atoms with Gasteiger partial charge in [0.2, 0.25) is 0 Å². The third-order valence-corrected chi connectivity index (χ3v) is 2.97. The summed E-state index contributed by atoms with van der Waals surface area (Å²) >= 11 is 0. The van der Waals surface area contributed by atoms with Crippen LogP contribution in [0.2, 0.25) is 0 Å². The maximum atomic E-state index is 13.5. The monoisotopic (exact) mass is 243 g/mol. The number of nitrogens with zero attached hydrogens (tertiary/aromatic N) is 1. The highest BCUT2D eigenvalue weighted by atomic mass is 19.1. The average molecular weight is 243 g/mol. The molecule has 6 heteroatoms. The standard InChI is InChI=1S/C11H15F2N3O/c1-11(2-4-17-5-3-11)16-10-8(13)6-7(12)9(14)15-10/h6H,2-5H2,1H3,(H3,14,15,16). The second-order valence-corrected chi connectivity index (χ2v) is 4.48. The smallest absolute Gasteiger partial charge is 0.168 e. The van der Waals surface area contributed by atoms with Gasteiger partial charge in [0.25, 0.3) is 0 Å². The highest BCUT2D eigenvalue weighted by molar-refractivity contribution is 5.46. The Morgan fingerprint density at radius 2 is 2.00 bits per heavy atom. The second-order valence-electron chi connectivity index (χ2n) is 4.48. The highest BCUT2D eigenvalue weighted by Gasteiger charge is 2.28. The molecule has 0 amide bonds. The van der Waals surface area contributed by atoms with Crippen molar-refractivity contribution in [1.29, 1.82) is 0 Å². The van der Waals surface area contributed by atoms with E-state index in [-0.39, 0.29) is 17.2 Å². The zero-order valence-electron chi connectivity index (χ0n) is 9.59. The normalized spacial score (nSPS) is 19.0. The molecule has 4 nitrogen and oxygen atoms in total. The quantitative estimate of drug-likeness (QED) is 0.833. The molecular weight excluding hydrogens is 228 g/mol. The summed E-state index contributed by atoms with van der Waals surface area (Å²) in [5, 5.41) is 2.98. The van der Waals surface area contributed by atoms with Crippen LogP contribution in [0.1, 0.15) is 19.8 Å². The molecule has 0 saturated carbocycles. The Labute approximate surface area is 98.2 Å². The van der Waals surface area contributed by atoms with E-state index >= 15 is 0 Å². The van der Waals surface area contributed by atoms with Crippen LogP contribution >= 0.6 is 0 Å². The number of nitrogens with two attached hydrogens (primary N) is 1. The van der Waals surface area contributed by atoms with Gasteiger partial charge in [0.1, 0.15) is 0 Å². The molecule has 1 aromatic heterocycles. The van der Waals surface area contributed by atoms with Gasteiger partial charge in [0, 0.05) is 24.8 Å². The van der Waals surface area contributed by atoms with Gasteiger partial charge in [-0.1, -0.05) is 0 Å². The van der Waals surface area contributed by atoms with Crippen LogP contribution in [0.5, 0.6) is 0 Å². The first-order chi connectivity index (χ1) is 8.00. The van der Waals surface area contributed by atoms with Crippen LogP contribution in [0.3, 0.4) is 0 Å². The van der Waals surface area contributed by atoms with E-state index in [1.165, 1.54) is 0 Å². The van der Waals surface area contributed by atoms with Gasteiger partial charge in [-0.15, -0.1) is 0 Å². The number of hydrogen-bond acceptors (Lipinski definition) is 4. The average Bonchev–Trinajstić information content (AvgIpc) is 2.26. The van der Waals surface area contributed by atoms with Crippen molar-refractivity contribution < 1.29 is 13.5 Å². The Morgan fingerprint density at radius 3 is 2.65 bits per heavy atom. The summed E-state index contributed by atoms with van der Waals surface area (Å²) in [6.45, 7) is 3.18. The van der Waals surface area contributed by atoms with Crippen LogP contribution in [0.15, 0.2) is 6.07 Å². The third kappa shape index (κ3) is 2.63. The van der Waals surface area contributed by atoms with Gasteiger partial charge in [0.05, 0.1) is 0 Å². The van der Waals surface area contributed by atoms with E-state index in [1.807, 2.05) is 6.92 Å². The first-order valence-corrected chi connectivity index (χ1v) is 5.48. The molecular formula is C11H15F2N3O. The van der Waals surface area contributed by atoms with Crippen LogP contribution in [-0.4, -0.2) is 23.7 Å². The van der Waals surface area contributed by atoms with Crippen molar-refractivity contribution in [2.75, 3.05) is 24.3 Å². The summed E-state index contributed by atoms with van der Waals surface area (Å²) in [5.41, 5.74) is 5.03. The summed E-state index contributed by atoms with van der Waals surface area (Å²) in [7, 11) is 0. The van der Waals surface area contributed by atoms with Crippen molar-refractivity contribution in [2.45, 2.75) is 25.3 Å². The molecule has 0 unspecified atom stereocenters. The maximum Gasteiger partial charge on any atom is 0.168 e. The van der Waals surface area contributed by atoms with Crippen LogP contribution in [0.4, 0.5) is 20.4 Å². The zero-order chi connectivity index (χ0) is 12.5.